The van der Waals surface area contributed by atoms with Crippen LogP contribution in [0.1, 0.15) is 56.6 Å². The van der Waals surface area contributed by atoms with E-state index in [0.717, 1.165) is 36.5 Å². The Morgan fingerprint density at radius 1 is 1.25 bits per heavy atom. The van der Waals surface area contributed by atoms with Crippen molar-refractivity contribution in [1.82, 2.24) is 24.9 Å². The van der Waals surface area contributed by atoms with Gasteiger partial charge in [-0.25, -0.2) is 4.68 Å². The van der Waals surface area contributed by atoms with Crippen LogP contribution in [0.4, 0.5) is 0 Å². The Balaban J connectivity index is 1.47. The van der Waals surface area contributed by atoms with Crippen LogP contribution in [0.2, 0.25) is 0 Å². The first kappa shape index (κ1) is 25.8. The lowest BCUT2D eigenvalue weighted by atomic mass is 10.1. The minimum Gasteiger partial charge on any atom is -0.490 e. The minimum absolute atomic E-state index is 0.0143. The fraction of sp³-hybridized carbons (Fsp3) is 0.500. The molecule has 1 aromatic carbocycles. The van der Waals surface area contributed by atoms with Crippen LogP contribution < -0.4 is 4.74 Å². The normalized spacial score (nSPS) is 13.6. The third-order valence-corrected chi connectivity index (χ3v) is 6.83. The molecule has 0 saturated heterocycles. The predicted molar refractivity (Wildman–Crippen MR) is 137 cm³/mol. The molecule has 0 amide bonds. The Labute approximate surface area is 215 Å². The van der Waals surface area contributed by atoms with Gasteiger partial charge in [0.2, 0.25) is 5.13 Å². The van der Waals surface area contributed by atoms with Crippen LogP contribution in [-0.2, 0) is 22.5 Å². The highest BCUT2D eigenvalue weighted by atomic mass is 32.1. The van der Waals surface area contributed by atoms with Crippen molar-refractivity contribution >= 4 is 17.3 Å². The number of hydrogen-bond donors (Lipinski definition) is 0. The van der Waals surface area contributed by atoms with Gasteiger partial charge in [-0.2, -0.15) is 10.4 Å². The molecule has 4 rings (SSSR count). The SMILES string of the molecule is Cc1c2c(nn1-c1nnc(-c3ccc(OC(C)C)c(C#N)c3)s1)CCN(CCC(=O)OCC(C)C)C2. The molecule has 190 valence electrons. The molecule has 3 heterocycles. The summed E-state index contributed by atoms with van der Waals surface area (Å²) in [6, 6.07) is 7.69. The molecule has 1 aliphatic heterocycles. The molecule has 36 heavy (non-hydrogen) atoms. The van der Waals surface area contributed by atoms with E-state index in [2.05, 4.69) is 21.2 Å². The topological polar surface area (TPSA) is 106 Å². The zero-order valence-electron chi connectivity index (χ0n) is 21.4. The summed E-state index contributed by atoms with van der Waals surface area (Å²) in [7, 11) is 0. The number of nitrogens with zero attached hydrogens (tertiary/aromatic N) is 6. The Morgan fingerprint density at radius 3 is 2.78 bits per heavy atom. The largest absolute Gasteiger partial charge is 0.490 e. The van der Waals surface area contributed by atoms with E-state index in [-0.39, 0.29) is 12.1 Å². The molecule has 0 radical (unpaired) electrons. The average Bonchev–Trinajstić information content (AvgIpc) is 3.46. The van der Waals surface area contributed by atoms with Crippen LogP contribution in [0.3, 0.4) is 0 Å². The Kier molecular flexibility index (Phi) is 8.01. The molecule has 0 unspecified atom stereocenters. The molecule has 10 heteroatoms. The van der Waals surface area contributed by atoms with Crippen molar-refractivity contribution in [3.8, 4) is 27.5 Å². The van der Waals surface area contributed by atoms with Gasteiger partial charge >= 0.3 is 5.97 Å². The van der Waals surface area contributed by atoms with Crippen molar-refractivity contribution in [1.29, 1.82) is 5.26 Å². The maximum Gasteiger partial charge on any atom is 0.307 e. The molecule has 0 atom stereocenters. The van der Waals surface area contributed by atoms with Crippen LogP contribution in [-0.4, -0.2) is 56.6 Å². The second-order valence-electron chi connectivity index (χ2n) is 9.65. The average molecular weight is 509 g/mol. The van der Waals surface area contributed by atoms with Gasteiger partial charge in [-0.1, -0.05) is 25.2 Å². The van der Waals surface area contributed by atoms with Crippen LogP contribution in [0, 0.1) is 24.2 Å². The van der Waals surface area contributed by atoms with Crippen molar-refractivity contribution in [3.63, 3.8) is 0 Å². The molecule has 2 aromatic heterocycles. The highest BCUT2D eigenvalue weighted by Crippen LogP contribution is 2.32. The van der Waals surface area contributed by atoms with E-state index in [9.17, 15) is 10.1 Å². The number of esters is 1. The summed E-state index contributed by atoms with van der Waals surface area (Å²) < 4.78 is 12.9. The number of ether oxygens (including phenoxy) is 2. The van der Waals surface area contributed by atoms with Crippen LogP contribution in [0.5, 0.6) is 5.75 Å². The molecular weight excluding hydrogens is 476 g/mol. The number of rotatable bonds is 9. The van der Waals surface area contributed by atoms with Crippen molar-refractivity contribution in [3.05, 3.63) is 40.7 Å². The number of carbonyl (C=O) groups is 1. The molecule has 0 fully saturated rings. The van der Waals surface area contributed by atoms with Gasteiger partial charge in [0.15, 0.2) is 0 Å². The number of nitriles is 1. The molecule has 9 nitrogen and oxygen atoms in total. The summed E-state index contributed by atoms with van der Waals surface area (Å²) >= 11 is 1.43. The van der Waals surface area contributed by atoms with Gasteiger partial charge in [0, 0.05) is 42.9 Å². The van der Waals surface area contributed by atoms with Crippen molar-refractivity contribution in [2.75, 3.05) is 19.7 Å². The van der Waals surface area contributed by atoms with E-state index in [0.29, 0.717) is 46.9 Å². The first-order valence-corrected chi connectivity index (χ1v) is 13.1. The van der Waals surface area contributed by atoms with E-state index < -0.39 is 0 Å². The van der Waals surface area contributed by atoms with Crippen molar-refractivity contribution < 1.29 is 14.3 Å². The molecule has 0 spiro atoms. The summed E-state index contributed by atoms with van der Waals surface area (Å²) in [6.07, 6.45) is 1.19. The van der Waals surface area contributed by atoms with Crippen LogP contribution in [0.25, 0.3) is 15.7 Å². The Morgan fingerprint density at radius 2 is 2.06 bits per heavy atom. The third kappa shape index (κ3) is 5.91. The minimum atomic E-state index is -0.147. The maximum atomic E-state index is 12.0. The number of benzene rings is 1. The quantitative estimate of drug-likeness (QED) is 0.394. The molecular formula is C26H32N6O3S. The number of hydrogen-bond acceptors (Lipinski definition) is 9. The lowest BCUT2D eigenvalue weighted by Gasteiger charge is -2.26. The van der Waals surface area contributed by atoms with Crippen molar-refractivity contribution in [2.24, 2.45) is 5.92 Å². The number of aromatic nitrogens is 4. The van der Waals surface area contributed by atoms with Crippen molar-refractivity contribution in [2.45, 2.75) is 60.1 Å². The van der Waals surface area contributed by atoms with E-state index in [1.807, 2.05) is 45.4 Å². The summed E-state index contributed by atoms with van der Waals surface area (Å²) in [5, 5.41) is 24.5. The first-order chi connectivity index (χ1) is 17.2. The van der Waals surface area contributed by atoms with E-state index in [1.165, 1.54) is 16.9 Å². The molecule has 0 aliphatic carbocycles. The molecule has 3 aromatic rings. The van der Waals surface area contributed by atoms with E-state index in [4.69, 9.17) is 14.6 Å². The molecule has 0 N–H and O–H groups in total. The van der Waals surface area contributed by atoms with E-state index >= 15 is 0 Å². The lowest BCUT2D eigenvalue weighted by Crippen LogP contribution is -2.32. The first-order valence-electron chi connectivity index (χ1n) is 12.3. The van der Waals surface area contributed by atoms with Gasteiger partial charge in [0.1, 0.15) is 16.8 Å². The number of carbonyl (C=O) groups excluding carboxylic acids is 1. The smallest absolute Gasteiger partial charge is 0.307 e. The Hall–Kier alpha value is -3.29. The molecule has 0 bridgehead atoms. The molecule has 1 aliphatic rings. The van der Waals surface area contributed by atoms with Crippen LogP contribution >= 0.6 is 11.3 Å². The lowest BCUT2D eigenvalue weighted by molar-refractivity contribution is -0.145. The standard InChI is InChI=1S/C26H32N6O3S/c1-16(2)15-34-24(33)9-11-31-10-8-22-21(14-31)18(5)32(30-22)26-29-28-25(36-26)19-6-7-23(35-17(3)4)20(12-19)13-27/h6-7,12,16-17H,8-11,14-15H2,1-5H3. The zero-order chi connectivity index (χ0) is 25.8. The molecule has 0 saturated carbocycles. The monoisotopic (exact) mass is 508 g/mol. The summed E-state index contributed by atoms with van der Waals surface area (Å²) in [5.41, 5.74) is 4.55. The maximum absolute atomic E-state index is 12.0. The van der Waals surface area contributed by atoms with Gasteiger partial charge in [0.05, 0.1) is 30.4 Å². The second kappa shape index (κ2) is 11.2. The van der Waals surface area contributed by atoms with E-state index in [1.54, 1.807) is 12.1 Å². The van der Waals surface area contributed by atoms with Gasteiger partial charge in [-0.3, -0.25) is 9.69 Å². The Bertz CT molecular complexity index is 1270. The highest BCUT2D eigenvalue weighted by molar-refractivity contribution is 7.17. The predicted octanol–water partition coefficient (Wildman–Crippen LogP) is 4.31. The highest BCUT2D eigenvalue weighted by Gasteiger charge is 2.25. The summed E-state index contributed by atoms with van der Waals surface area (Å²) in [4.78, 5) is 14.3. The fourth-order valence-corrected chi connectivity index (χ4v) is 4.89. The third-order valence-electron chi connectivity index (χ3n) is 5.89. The van der Waals surface area contributed by atoms with Crippen LogP contribution in [0.15, 0.2) is 18.2 Å². The summed E-state index contributed by atoms with van der Waals surface area (Å²) in [6.45, 7) is 12.7. The van der Waals surface area contributed by atoms with Gasteiger partial charge in [-0.15, -0.1) is 10.2 Å². The number of fused-ring (bicyclic) bond motifs is 1. The second-order valence-corrected chi connectivity index (χ2v) is 10.6. The van der Waals surface area contributed by atoms with Gasteiger partial charge < -0.3 is 9.47 Å². The fourth-order valence-electron chi connectivity index (χ4n) is 4.05. The van der Waals surface area contributed by atoms with Gasteiger partial charge in [-0.05, 0) is 44.9 Å². The van der Waals surface area contributed by atoms with Gasteiger partial charge in [0.25, 0.3) is 0 Å². The summed E-state index contributed by atoms with van der Waals surface area (Å²) in [5.74, 6) is 0.758. The zero-order valence-corrected chi connectivity index (χ0v) is 22.3.